The van der Waals surface area contributed by atoms with Gasteiger partial charge in [0.1, 0.15) is 17.8 Å². The van der Waals surface area contributed by atoms with Gasteiger partial charge < -0.3 is 20.9 Å². The summed E-state index contributed by atoms with van der Waals surface area (Å²) in [5.41, 5.74) is 8.15. The minimum atomic E-state index is -0.821. The molecule has 0 aromatic heterocycles. The number of hydrogen-bond acceptors (Lipinski definition) is 5. The van der Waals surface area contributed by atoms with E-state index in [9.17, 15) is 19.7 Å². The van der Waals surface area contributed by atoms with Crippen LogP contribution < -0.4 is 11.1 Å². The summed E-state index contributed by atoms with van der Waals surface area (Å²) in [4.78, 5) is 46.1. The summed E-state index contributed by atoms with van der Waals surface area (Å²) in [5.74, 6) is -0.535. The smallest absolute Gasteiger partial charge is 0.294 e. The molecule has 1 aliphatic heterocycles. The van der Waals surface area contributed by atoms with Gasteiger partial charge in [0.2, 0.25) is 11.8 Å². The Morgan fingerprint density at radius 3 is 2.47 bits per heavy atom. The minimum absolute atomic E-state index is 0.0190. The average molecular weight is 579 g/mol. The minimum Gasteiger partial charge on any atom is -0.369 e. The molecule has 220 valence electrons. The molecule has 0 radical (unpaired) electrons. The number of carbonyl (C=O) groups excluding carboxylic acids is 2. The Balaban J connectivity index is 1.38. The standard InChI is InChI=1S/C33H34N6O4/c1-37(22-23-10-3-2-4-11-23)32(41)28(21-24-17-18-25-12-5-6-13-26(25)20-24)35-31(40)30-16-9-19-38(30)33(34)36-27-14-7-8-15-29(27)39(42)43/h2-8,10-15,17-18,20,28,30H,9,16,19,21-22H2,1H3,(H2,34,36)(H,35,40)/t28-,30-/m1/s1. The van der Waals surface area contributed by atoms with Gasteiger partial charge in [0.25, 0.3) is 5.69 Å². The molecule has 4 aromatic rings. The van der Waals surface area contributed by atoms with Crippen molar-refractivity contribution in [2.75, 3.05) is 13.6 Å². The van der Waals surface area contributed by atoms with E-state index in [-0.39, 0.29) is 29.1 Å². The number of likely N-dealkylation sites (tertiary alicyclic amines) is 1. The van der Waals surface area contributed by atoms with Crippen LogP contribution in [0, 0.1) is 10.1 Å². The molecule has 0 unspecified atom stereocenters. The lowest BCUT2D eigenvalue weighted by Gasteiger charge is -2.29. The second-order valence-corrected chi connectivity index (χ2v) is 10.7. The molecule has 3 N–H and O–H groups in total. The van der Waals surface area contributed by atoms with Crippen molar-refractivity contribution in [3.63, 3.8) is 0 Å². The van der Waals surface area contributed by atoms with Crippen LogP contribution in [0.25, 0.3) is 10.8 Å². The van der Waals surface area contributed by atoms with Gasteiger partial charge in [0, 0.05) is 32.6 Å². The van der Waals surface area contributed by atoms with E-state index in [1.165, 1.54) is 12.1 Å². The van der Waals surface area contributed by atoms with Crippen molar-refractivity contribution < 1.29 is 14.5 Å². The van der Waals surface area contributed by atoms with E-state index < -0.39 is 17.0 Å². The zero-order valence-electron chi connectivity index (χ0n) is 23.9. The van der Waals surface area contributed by atoms with Gasteiger partial charge in [0.05, 0.1) is 4.92 Å². The highest BCUT2D eigenvalue weighted by atomic mass is 16.6. The predicted octanol–water partition coefficient (Wildman–Crippen LogP) is 4.54. The van der Waals surface area contributed by atoms with Crippen molar-refractivity contribution in [3.05, 3.63) is 118 Å². The lowest BCUT2D eigenvalue weighted by atomic mass is 10.00. The number of para-hydroxylation sites is 2. The number of hydrogen-bond donors (Lipinski definition) is 2. The van der Waals surface area contributed by atoms with Gasteiger partial charge in [-0.05, 0) is 40.8 Å². The van der Waals surface area contributed by atoms with Crippen molar-refractivity contribution in [1.29, 1.82) is 0 Å². The number of aliphatic imine (C=N–C) groups is 1. The van der Waals surface area contributed by atoms with Crippen LogP contribution in [0.1, 0.15) is 24.0 Å². The van der Waals surface area contributed by atoms with Gasteiger partial charge in [-0.2, -0.15) is 0 Å². The van der Waals surface area contributed by atoms with Crippen molar-refractivity contribution in [2.45, 2.75) is 37.9 Å². The molecule has 2 amide bonds. The third-order valence-corrected chi connectivity index (χ3v) is 7.67. The molecule has 10 heteroatoms. The van der Waals surface area contributed by atoms with Crippen LogP contribution in [0.5, 0.6) is 0 Å². The van der Waals surface area contributed by atoms with E-state index in [1.807, 2.05) is 72.8 Å². The molecule has 2 atom stereocenters. The molecule has 1 fully saturated rings. The highest BCUT2D eigenvalue weighted by Gasteiger charge is 2.35. The Morgan fingerprint density at radius 1 is 1.00 bits per heavy atom. The summed E-state index contributed by atoms with van der Waals surface area (Å²) in [7, 11) is 1.73. The number of fused-ring (bicyclic) bond motifs is 1. The Hall–Kier alpha value is -5.25. The van der Waals surface area contributed by atoms with Gasteiger partial charge in [-0.15, -0.1) is 0 Å². The summed E-state index contributed by atoms with van der Waals surface area (Å²) >= 11 is 0. The summed E-state index contributed by atoms with van der Waals surface area (Å²) in [6, 6.07) is 28.3. The molecule has 0 saturated carbocycles. The fraction of sp³-hybridized carbons (Fsp3) is 0.242. The number of amides is 2. The van der Waals surface area contributed by atoms with Gasteiger partial charge in [-0.1, -0.05) is 84.9 Å². The maximum Gasteiger partial charge on any atom is 0.294 e. The molecule has 0 spiro atoms. The molecule has 1 aliphatic rings. The molecule has 1 saturated heterocycles. The quantitative estimate of drug-likeness (QED) is 0.130. The summed E-state index contributed by atoms with van der Waals surface area (Å²) in [6.45, 7) is 0.861. The molecule has 10 nitrogen and oxygen atoms in total. The fourth-order valence-corrected chi connectivity index (χ4v) is 5.48. The zero-order chi connectivity index (χ0) is 30.3. The molecule has 0 aliphatic carbocycles. The van der Waals surface area contributed by atoms with Gasteiger partial charge in [0.15, 0.2) is 5.96 Å². The van der Waals surface area contributed by atoms with E-state index in [0.717, 1.165) is 21.9 Å². The Kier molecular flexibility index (Phi) is 8.95. The first-order valence-corrected chi connectivity index (χ1v) is 14.2. The van der Waals surface area contributed by atoms with Crippen LogP contribution in [0.3, 0.4) is 0 Å². The molecule has 1 heterocycles. The molecule has 43 heavy (non-hydrogen) atoms. The first-order chi connectivity index (χ1) is 20.8. The van der Waals surface area contributed by atoms with Crippen molar-refractivity contribution in [1.82, 2.24) is 15.1 Å². The second-order valence-electron chi connectivity index (χ2n) is 10.7. The number of rotatable bonds is 9. The molecule has 0 bridgehead atoms. The van der Waals surface area contributed by atoms with E-state index in [4.69, 9.17) is 5.73 Å². The third-order valence-electron chi connectivity index (χ3n) is 7.67. The first-order valence-electron chi connectivity index (χ1n) is 14.2. The average Bonchev–Trinajstić information content (AvgIpc) is 3.52. The maximum atomic E-state index is 13.8. The predicted molar refractivity (Wildman–Crippen MR) is 167 cm³/mol. The van der Waals surface area contributed by atoms with Crippen LogP contribution in [-0.4, -0.2) is 58.2 Å². The molecular weight excluding hydrogens is 544 g/mol. The summed E-state index contributed by atoms with van der Waals surface area (Å²) in [6.07, 6.45) is 1.50. The number of likely N-dealkylation sites (N-methyl/N-ethyl adjacent to an activating group) is 1. The van der Waals surface area contributed by atoms with Gasteiger partial charge in [-0.3, -0.25) is 19.7 Å². The van der Waals surface area contributed by atoms with Crippen LogP contribution in [0.2, 0.25) is 0 Å². The molecular formula is C33H34N6O4. The maximum absolute atomic E-state index is 13.8. The number of benzene rings is 4. The topological polar surface area (TPSA) is 134 Å². The monoisotopic (exact) mass is 578 g/mol. The highest BCUT2D eigenvalue weighted by molar-refractivity contribution is 5.94. The van der Waals surface area contributed by atoms with Crippen LogP contribution in [0.4, 0.5) is 11.4 Å². The Bertz CT molecular complexity index is 1660. The second kappa shape index (κ2) is 13.2. The Morgan fingerprint density at radius 2 is 1.70 bits per heavy atom. The lowest BCUT2D eigenvalue weighted by Crippen LogP contribution is -2.54. The number of carbonyl (C=O) groups is 2. The largest absolute Gasteiger partial charge is 0.369 e. The number of nitrogens with two attached hydrogens (primary N) is 1. The molecule has 4 aromatic carbocycles. The van der Waals surface area contributed by atoms with Gasteiger partial charge >= 0.3 is 0 Å². The van der Waals surface area contributed by atoms with Crippen molar-refractivity contribution in [3.8, 4) is 0 Å². The van der Waals surface area contributed by atoms with E-state index in [2.05, 4.69) is 10.3 Å². The van der Waals surface area contributed by atoms with Gasteiger partial charge in [-0.25, -0.2) is 4.99 Å². The summed E-state index contributed by atoms with van der Waals surface area (Å²) in [5, 5.41) is 16.6. The van der Waals surface area contributed by atoms with E-state index in [0.29, 0.717) is 32.4 Å². The van der Waals surface area contributed by atoms with Crippen molar-refractivity contribution in [2.24, 2.45) is 10.7 Å². The van der Waals surface area contributed by atoms with Crippen LogP contribution in [-0.2, 0) is 22.6 Å². The highest BCUT2D eigenvalue weighted by Crippen LogP contribution is 2.27. The van der Waals surface area contributed by atoms with Crippen molar-refractivity contribution >= 4 is 39.9 Å². The molecule has 5 rings (SSSR count). The van der Waals surface area contributed by atoms with Crippen LogP contribution in [0.15, 0.2) is 102 Å². The number of nitro groups is 1. The Labute approximate surface area is 250 Å². The number of nitrogens with zero attached hydrogens (tertiary/aromatic N) is 4. The first kappa shape index (κ1) is 29.2. The normalized spacial score (nSPS) is 15.7. The SMILES string of the molecule is CN(Cc1ccccc1)C(=O)[C@@H](Cc1ccc2ccccc2c1)NC(=O)[C@H]1CCCN1C(N)=Nc1ccccc1[N+](=O)[O-]. The van der Waals surface area contributed by atoms with E-state index >= 15 is 0 Å². The van der Waals surface area contributed by atoms with E-state index in [1.54, 1.807) is 29.0 Å². The number of nitro benzene ring substituents is 1. The third kappa shape index (κ3) is 6.98. The zero-order valence-corrected chi connectivity index (χ0v) is 23.9. The summed E-state index contributed by atoms with van der Waals surface area (Å²) < 4.78 is 0. The fourth-order valence-electron chi connectivity index (χ4n) is 5.48. The number of guanidine groups is 1. The lowest BCUT2D eigenvalue weighted by molar-refractivity contribution is -0.384. The number of nitrogens with one attached hydrogen (secondary N) is 1. The van der Waals surface area contributed by atoms with Crippen LogP contribution >= 0.6 is 0 Å².